The van der Waals surface area contributed by atoms with E-state index in [-0.39, 0.29) is 16.9 Å². The highest BCUT2D eigenvalue weighted by molar-refractivity contribution is 8.00. The summed E-state index contributed by atoms with van der Waals surface area (Å²) in [6.07, 6.45) is 0.600. The lowest BCUT2D eigenvalue weighted by Gasteiger charge is -2.14. The minimum Gasteiger partial charge on any atom is -0.495 e. The van der Waals surface area contributed by atoms with Crippen molar-refractivity contribution in [1.29, 1.82) is 0 Å². The summed E-state index contributed by atoms with van der Waals surface area (Å²) in [5.74, 6) is -0.0981. The number of H-pyrrole nitrogens is 1. The summed E-state index contributed by atoms with van der Waals surface area (Å²) in [7, 11) is 1.40. The van der Waals surface area contributed by atoms with Crippen LogP contribution in [0.4, 0.5) is 11.4 Å². The number of aryl methyl sites for hydroxylation is 1. The molecular weight excluding hydrogens is 360 g/mol. The fourth-order valence-electron chi connectivity index (χ4n) is 2.08. The van der Waals surface area contributed by atoms with E-state index in [1.165, 1.54) is 31.4 Å². The zero-order valence-electron chi connectivity index (χ0n) is 14.4. The second-order valence-corrected chi connectivity index (χ2v) is 6.62. The molecule has 0 aliphatic rings. The number of amides is 1. The first kappa shape index (κ1) is 19.4. The van der Waals surface area contributed by atoms with Crippen molar-refractivity contribution in [2.75, 3.05) is 12.4 Å². The van der Waals surface area contributed by atoms with E-state index in [0.29, 0.717) is 23.0 Å². The standard InChI is InChI=1S/C16H18N4O5S/c1-4-10-7-14(21)19-16(17-10)26-9(2)15(22)18-12-8-11(20(23)24)5-6-13(12)25-3/h5-9H,4H2,1-3H3,(H,18,22)(H,17,19,21). The Kier molecular flexibility index (Phi) is 6.34. The van der Waals surface area contributed by atoms with Crippen molar-refractivity contribution in [2.45, 2.75) is 30.7 Å². The van der Waals surface area contributed by atoms with Gasteiger partial charge in [-0.2, -0.15) is 0 Å². The Bertz CT molecular complexity index is 883. The number of carbonyl (C=O) groups excluding carboxylic acids is 1. The lowest BCUT2D eigenvalue weighted by Crippen LogP contribution is -2.23. The number of nitro groups is 1. The van der Waals surface area contributed by atoms with Crippen LogP contribution in [-0.2, 0) is 11.2 Å². The number of ether oxygens (including phenoxy) is 1. The lowest BCUT2D eigenvalue weighted by molar-refractivity contribution is -0.384. The van der Waals surface area contributed by atoms with Crippen LogP contribution >= 0.6 is 11.8 Å². The summed E-state index contributed by atoms with van der Waals surface area (Å²) >= 11 is 1.09. The minimum absolute atomic E-state index is 0.164. The third-order valence-corrected chi connectivity index (χ3v) is 4.43. The number of rotatable bonds is 7. The number of aromatic amines is 1. The molecule has 0 aliphatic heterocycles. The monoisotopic (exact) mass is 378 g/mol. The van der Waals surface area contributed by atoms with Crippen LogP contribution in [0.15, 0.2) is 34.2 Å². The van der Waals surface area contributed by atoms with E-state index in [9.17, 15) is 19.7 Å². The number of hydrogen-bond donors (Lipinski definition) is 2. The molecule has 138 valence electrons. The molecule has 1 unspecified atom stereocenters. The Morgan fingerprint density at radius 3 is 2.81 bits per heavy atom. The highest BCUT2D eigenvalue weighted by Gasteiger charge is 2.19. The molecule has 0 saturated heterocycles. The Morgan fingerprint density at radius 1 is 1.46 bits per heavy atom. The third-order valence-electron chi connectivity index (χ3n) is 3.44. The Balaban J connectivity index is 2.16. The number of thioether (sulfide) groups is 1. The third kappa shape index (κ3) is 4.82. The lowest BCUT2D eigenvalue weighted by atomic mass is 10.2. The normalized spacial score (nSPS) is 11.7. The van der Waals surface area contributed by atoms with Crippen molar-refractivity contribution in [2.24, 2.45) is 0 Å². The van der Waals surface area contributed by atoms with Crippen LogP contribution in [0.3, 0.4) is 0 Å². The molecule has 9 nitrogen and oxygen atoms in total. The summed E-state index contributed by atoms with van der Waals surface area (Å²) in [4.78, 5) is 41.2. The van der Waals surface area contributed by atoms with Gasteiger partial charge in [0.15, 0.2) is 5.16 Å². The second kappa shape index (κ2) is 8.48. The highest BCUT2D eigenvalue weighted by Crippen LogP contribution is 2.30. The molecule has 1 heterocycles. The average Bonchev–Trinajstić information content (AvgIpc) is 2.60. The van der Waals surface area contributed by atoms with Crippen molar-refractivity contribution in [3.8, 4) is 5.75 Å². The molecule has 0 fully saturated rings. The molecule has 1 atom stereocenters. The van der Waals surface area contributed by atoms with Gasteiger partial charge in [0, 0.05) is 23.9 Å². The van der Waals surface area contributed by atoms with E-state index >= 15 is 0 Å². The van der Waals surface area contributed by atoms with Gasteiger partial charge in [0.05, 0.1) is 23.0 Å². The van der Waals surface area contributed by atoms with Gasteiger partial charge in [0.1, 0.15) is 5.75 Å². The van der Waals surface area contributed by atoms with Crippen LogP contribution in [0, 0.1) is 10.1 Å². The van der Waals surface area contributed by atoms with Crippen molar-refractivity contribution in [3.63, 3.8) is 0 Å². The molecule has 0 saturated carbocycles. The van der Waals surface area contributed by atoms with Crippen molar-refractivity contribution < 1.29 is 14.5 Å². The van der Waals surface area contributed by atoms with Crippen LogP contribution in [0.25, 0.3) is 0 Å². The van der Waals surface area contributed by atoms with E-state index in [2.05, 4.69) is 15.3 Å². The molecule has 0 bridgehead atoms. The summed E-state index contributed by atoms with van der Waals surface area (Å²) in [6, 6.07) is 5.33. The Hall–Kier alpha value is -2.88. The zero-order valence-corrected chi connectivity index (χ0v) is 15.3. The molecule has 0 spiro atoms. The first-order chi connectivity index (χ1) is 12.3. The molecule has 10 heteroatoms. The highest BCUT2D eigenvalue weighted by atomic mass is 32.2. The molecule has 1 aromatic heterocycles. The van der Waals surface area contributed by atoms with Crippen LogP contribution in [0.2, 0.25) is 0 Å². The minimum atomic E-state index is -0.603. The SMILES string of the molecule is CCc1cc(=O)[nH]c(SC(C)C(=O)Nc2cc([N+](=O)[O-])ccc2OC)n1. The second-order valence-electron chi connectivity index (χ2n) is 5.29. The summed E-state index contributed by atoms with van der Waals surface area (Å²) in [5, 5.41) is 13.3. The molecular formula is C16H18N4O5S. The number of carbonyl (C=O) groups is 1. The number of aromatic nitrogens is 2. The summed E-state index contributed by atoms with van der Waals surface area (Å²) < 4.78 is 5.12. The summed E-state index contributed by atoms with van der Waals surface area (Å²) in [6.45, 7) is 3.52. The molecule has 1 amide bonds. The molecule has 1 aromatic carbocycles. The van der Waals surface area contributed by atoms with Gasteiger partial charge in [-0.3, -0.25) is 19.7 Å². The number of methoxy groups -OCH3 is 1. The number of nitrogens with zero attached hydrogens (tertiary/aromatic N) is 2. The number of nitro benzene ring substituents is 1. The topological polar surface area (TPSA) is 127 Å². The van der Waals surface area contributed by atoms with Gasteiger partial charge in [-0.05, 0) is 19.4 Å². The predicted molar refractivity (Wildman–Crippen MR) is 97.8 cm³/mol. The van der Waals surface area contributed by atoms with Gasteiger partial charge in [0.25, 0.3) is 11.2 Å². The zero-order chi connectivity index (χ0) is 19.3. The van der Waals surface area contributed by atoms with E-state index in [4.69, 9.17) is 4.74 Å². The van der Waals surface area contributed by atoms with E-state index in [1.807, 2.05) is 6.92 Å². The van der Waals surface area contributed by atoms with Crippen LogP contribution in [0.5, 0.6) is 5.75 Å². The number of non-ortho nitro benzene ring substituents is 1. The Labute approximate surface area is 153 Å². The first-order valence-corrected chi connectivity index (χ1v) is 8.62. The quantitative estimate of drug-likeness (QED) is 0.328. The van der Waals surface area contributed by atoms with Crippen LogP contribution in [-0.4, -0.2) is 33.2 Å². The number of nitrogens with one attached hydrogen (secondary N) is 2. The number of benzene rings is 1. The molecule has 0 aliphatic carbocycles. The van der Waals surface area contributed by atoms with Crippen molar-refractivity contribution in [1.82, 2.24) is 9.97 Å². The van der Waals surface area contributed by atoms with Gasteiger partial charge in [-0.25, -0.2) is 4.98 Å². The van der Waals surface area contributed by atoms with Crippen molar-refractivity contribution >= 4 is 29.0 Å². The van der Waals surface area contributed by atoms with E-state index in [1.54, 1.807) is 6.92 Å². The maximum atomic E-state index is 12.4. The fourth-order valence-corrected chi connectivity index (χ4v) is 2.91. The van der Waals surface area contributed by atoms with Crippen LogP contribution < -0.4 is 15.6 Å². The first-order valence-electron chi connectivity index (χ1n) is 7.74. The van der Waals surface area contributed by atoms with Gasteiger partial charge < -0.3 is 15.0 Å². The summed E-state index contributed by atoms with van der Waals surface area (Å²) in [5.41, 5.74) is 0.377. The van der Waals surface area contributed by atoms with E-state index in [0.717, 1.165) is 11.8 Å². The molecule has 2 rings (SSSR count). The molecule has 2 aromatic rings. The largest absolute Gasteiger partial charge is 0.495 e. The number of anilines is 1. The van der Waals surface area contributed by atoms with Gasteiger partial charge in [-0.15, -0.1) is 0 Å². The maximum Gasteiger partial charge on any atom is 0.271 e. The fraction of sp³-hybridized carbons (Fsp3) is 0.312. The number of hydrogen-bond acceptors (Lipinski definition) is 7. The van der Waals surface area contributed by atoms with Gasteiger partial charge in [-0.1, -0.05) is 18.7 Å². The smallest absolute Gasteiger partial charge is 0.271 e. The van der Waals surface area contributed by atoms with Crippen LogP contribution in [0.1, 0.15) is 19.5 Å². The Morgan fingerprint density at radius 2 is 2.19 bits per heavy atom. The van der Waals surface area contributed by atoms with E-state index < -0.39 is 16.1 Å². The van der Waals surface area contributed by atoms with Gasteiger partial charge in [0.2, 0.25) is 5.91 Å². The van der Waals surface area contributed by atoms with Gasteiger partial charge >= 0.3 is 0 Å². The average molecular weight is 378 g/mol. The predicted octanol–water partition coefficient (Wildman–Crippen LogP) is 2.37. The molecule has 26 heavy (non-hydrogen) atoms. The molecule has 2 N–H and O–H groups in total. The van der Waals surface area contributed by atoms with Crippen molar-refractivity contribution in [3.05, 3.63) is 50.4 Å². The maximum absolute atomic E-state index is 12.4. The molecule has 0 radical (unpaired) electrons.